The number of allylic oxidation sites excluding steroid dienone is 1. The molecule has 0 aliphatic heterocycles. The van der Waals surface area contributed by atoms with Crippen molar-refractivity contribution in [2.45, 2.75) is 91.3 Å². The van der Waals surface area contributed by atoms with Gasteiger partial charge < -0.3 is 0 Å². The summed E-state index contributed by atoms with van der Waals surface area (Å²) in [6.45, 7) is 15.4. The zero-order valence-corrected chi connectivity index (χ0v) is 13.4. The molecule has 0 heterocycles. The fourth-order valence-corrected chi connectivity index (χ4v) is 3.23. The van der Waals surface area contributed by atoms with E-state index in [0.29, 0.717) is 0 Å². The van der Waals surface area contributed by atoms with Gasteiger partial charge in [-0.15, -0.1) is 6.58 Å². The highest BCUT2D eigenvalue weighted by Crippen LogP contribution is 2.22. The number of hydrogen-bond donors (Lipinski definition) is 0. The predicted octanol–water partition coefficient (Wildman–Crippen LogP) is 6.17. The monoisotopic (exact) mass is 248 g/mol. The number of rotatable bonds is 12. The van der Waals surface area contributed by atoms with Crippen LogP contribution in [0.3, 0.4) is 0 Å². The normalized spacial score (nSPS) is 10.4. The second-order valence-corrected chi connectivity index (χ2v) is 6.04. The molecule has 0 aromatic rings. The SMILES string of the molecule is C=C(CB(CCC)CCC)CB(CCC)CCC. The van der Waals surface area contributed by atoms with Gasteiger partial charge in [0.1, 0.15) is 13.4 Å². The molecule has 2 heteroatoms. The van der Waals surface area contributed by atoms with Crippen LogP contribution in [0.5, 0.6) is 0 Å². The van der Waals surface area contributed by atoms with Crippen molar-refractivity contribution in [2.24, 2.45) is 0 Å². The molecular weight excluding hydrogens is 214 g/mol. The first-order valence-corrected chi connectivity index (χ1v) is 8.34. The van der Waals surface area contributed by atoms with Crippen LogP contribution in [0.15, 0.2) is 12.2 Å². The molecular formula is C16H34B2. The van der Waals surface area contributed by atoms with Gasteiger partial charge in [-0.25, -0.2) is 0 Å². The van der Waals surface area contributed by atoms with Crippen LogP contribution < -0.4 is 0 Å². The highest BCUT2D eigenvalue weighted by molar-refractivity contribution is 6.61. The van der Waals surface area contributed by atoms with Gasteiger partial charge in [-0.2, -0.15) is 0 Å². The summed E-state index contributed by atoms with van der Waals surface area (Å²) in [7, 11) is 0. The van der Waals surface area contributed by atoms with E-state index in [1.165, 1.54) is 69.2 Å². The van der Waals surface area contributed by atoms with E-state index in [-0.39, 0.29) is 0 Å². The van der Waals surface area contributed by atoms with Crippen molar-refractivity contribution < 1.29 is 0 Å². The highest BCUT2D eigenvalue weighted by Gasteiger charge is 2.17. The molecule has 0 aromatic heterocycles. The lowest BCUT2D eigenvalue weighted by molar-refractivity contribution is 0.982. The molecule has 0 bridgehead atoms. The zero-order valence-electron chi connectivity index (χ0n) is 13.4. The van der Waals surface area contributed by atoms with Gasteiger partial charge in [0.05, 0.1) is 0 Å². The molecule has 0 aliphatic rings. The summed E-state index contributed by atoms with van der Waals surface area (Å²) in [4.78, 5) is 0. The van der Waals surface area contributed by atoms with Gasteiger partial charge in [0, 0.05) is 0 Å². The third kappa shape index (κ3) is 8.89. The van der Waals surface area contributed by atoms with Gasteiger partial charge in [0.25, 0.3) is 0 Å². The Kier molecular flexibility index (Phi) is 11.8. The number of hydrogen-bond acceptors (Lipinski definition) is 0. The Bertz CT molecular complexity index is 169. The van der Waals surface area contributed by atoms with Crippen LogP contribution in [0.25, 0.3) is 0 Å². The van der Waals surface area contributed by atoms with Crippen molar-refractivity contribution in [3.05, 3.63) is 12.2 Å². The third-order valence-corrected chi connectivity index (χ3v) is 3.94. The summed E-state index contributed by atoms with van der Waals surface area (Å²) >= 11 is 0. The second kappa shape index (κ2) is 11.9. The maximum atomic E-state index is 4.36. The molecule has 0 N–H and O–H groups in total. The second-order valence-electron chi connectivity index (χ2n) is 6.04. The van der Waals surface area contributed by atoms with Gasteiger partial charge >= 0.3 is 0 Å². The fourth-order valence-electron chi connectivity index (χ4n) is 3.23. The average Bonchev–Trinajstić information content (AvgIpc) is 2.30. The largest absolute Gasteiger partial charge is 0.144 e. The van der Waals surface area contributed by atoms with E-state index >= 15 is 0 Å². The summed E-state index contributed by atoms with van der Waals surface area (Å²) < 4.78 is 0. The molecule has 0 saturated heterocycles. The average molecular weight is 248 g/mol. The summed E-state index contributed by atoms with van der Waals surface area (Å²) in [5.41, 5.74) is 1.52. The minimum absolute atomic E-state index is 0.899. The first-order valence-electron chi connectivity index (χ1n) is 8.34. The van der Waals surface area contributed by atoms with E-state index in [2.05, 4.69) is 34.3 Å². The smallest absolute Gasteiger partial charge is 0.101 e. The van der Waals surface area contributed by atoms with E-state index < -0.39 is 0 Å². The van der Waals surface area contributed by atoms with Crippen molar-refractivity contribution in [2.75, 3.05) is 0 Å². The van der Waals surface area contributed by atoms with E-state index in [4.69, 9.17) is 0 Å². The van der Waals surface area contributed by atoms with Gasteiger partial charge in [-0.3, -0.25) is 0 Å². The van der Waals surface area contributed by atoms with Crippen LogP contribution in [0.4, 0.5) is 0 Å². The molecule has 0 rings (SSSR count). The van der Waals surface area contributed by atoms with Crippen molar-refractivity contribution in [1.29, 1.82) is 0 Å². The summed E-state index contributed by atoms with van der Waals surface area (Å²) in [5, 5.41) is 0. The van der Waals surface area contributed by atoms with E-state index in [1.54, 1.807) is 0 Å². The van der Waals surface area contributed by atoms with Crippen LogP contribution in [0.2, 0.25) is 37.9 Å². The van der Waals surface area contributed by atoms with Crippen molar-refractivity contribution in [3.63, 3.8) is 0 Å². The Labute approximate surface area is 117 Å². The molecule has 104 valence electrons. The molecule has 0 saturated carbocycles. The molecule has 0 radical (unpaired) electrons. The quantitative estimate of drug-likeness (QED) is 0.286. The molecule has 0 nitrogen and oxygen atoms in total. The highest BCUT2D eigenvalue weighted by atomic mass is 13.9. The molecule has 0 spiro atoms. The Hall–Kier alpha value is -0.130. The van der Waals surface area contributed by atoms with Crippen LogP contribution in [0.1, 0.15) is 53.4 Å². The topological polar surface area (TPSA) is 0 Å². The van der Waals surface area contributed by atoms with Crippen molar-refractivity contribution in [3.8, 4) is 0 Å². The summed E-state index contributed by atoms with van der Waals surface area (Å²) in [6, 6.07) is 0. The molecule has 0 aliphatic carbocycles. The third-order valence-electron chi connectivity index (χ3n) is 3.94. The molecule has 0 fully saturated rings. The Morgan fingerprint density at radius 1 is 0.667 bits per heavy atom. The molecule has 0 amide bonds. The minimum Gasteiger partial charge on any atom is -0.101 e. The van der Waals surface area contributed by atoms with Crippen LogP contribution in [-0.4, -0.2) is 13.4 Å². The van der Waals surface area contributed by atoms with Gasteiger partial charge in [-0.1, -0.05) is 96.9 Å². The Morgan fingerprint density at radius 3 is 1.17 bits per heavy atom. The zero-order chi connectivity index (χ0) is 13.8. The lowest BCUT2D eigenvalue weighted by Crippen LogP contribution is -2.16. The minimum atomic E-state index is 0.899. The first kappa shape index (κ1) is 17.9. The maximum absolute atomic E-state index is 4.36. The first-order chi connectivity index (χ1) is 8.67. The maximum Gasteiger partial charge on any atom is 0.144 e. The molecule has 0 atom stereocenters. The molecule has 0 unspecified atom stereocenters. The predicted molar refractivity (Wildman–Crippen MR) is 90.7 cm³/mol. The van der Waals surface area contributed by atoms with Crippen LogP contribution in [0, 0.1) is 0 Å². The van der Waals surface area contributed by atoms with Crippen LogP contribution in [-0.2, 0) is 0 Å². The van der Waals surface area contributed by atoms with Crippen LogP contribution >= 0.6 is 0 Å². The van der Waals surface area contributed by atoms with E-state index in [1.807, 2.05) is 0 Å². The van der Waals surface area contributed by atoms with E-state index in [0.717, 1.165) is 13.4 Å². The lowest BCUT2D eigenvalue weighted by atomic mass is 9.36. The fraction of sp³-hybridized carbons (Fsp3) is 0.875. The van der Waals surface area contributed by atoms with E-state index in [9.17, 15) is 0 Å². The standard InChI is InChI=1S/C16H34B2/c1-6-10-17(11-7-2)14-16(5)15-18(12-8-3)13-9-4/h5-15H2,1-4H3. The Balaban J connectivity index is 4.09. The lowest BCUT2D eigenvalue weighted by Gasteiger charge is -2.17. The van der Waals surface area contributed by atoms with Crippen molar-refractivity contribution >= 4 is 13.4 Å². The molecule has 18 heavy (non-hydrogen) atoms. The Morgan fingerprint density at radius 2 is 0.944 bits per heavy atom. The van der Waals surface area contributed by atoms with Crippen molar-refractivity contribution in [1.82, 2.24) is 0 Å². The van der Waals surface area contributed by atoms with Gasteiger partial charge in [0.15, 0.2) is 0 Å². The van der Waals surface area contributed by atoms with Gasteiger partial charge in [0.2, 0.25) is 0 Å². The molecule has 0 aromatic carbocycles. The summed E-state index contributed by atoms with van der Waals surface area (Å²) in [6.07, 6.45) is 13.4. The van der Waals surface area contributed by atoms with Gasteiger partial charge in [-0.05, 0) is 0 Å². The summed E-state index contributed by atoms with van der Waals surface area (Å²) in [5.74, 6) is 0.